The zero-order valence-corrected chi connectivity index (χ0v) is 16.5. The molecule has 2 heterocycles. The molecule has 28 heavy (non-hydrogen) atoms. The predicted octanol–water partition coefficient (Wildman–Crippen LogP) is 2.61. The normalized spacial score (nSPS) is 16.4. The highest BCUT2D eigenvalue weighted by atomic mass is 16.5. The summed E-state index contributed by atoms with van der Waals surface area (Å²) in [7, 11) is 0. The molecule has 1 aromatic carbocycles. The van der Waals surface area contributed by atoms with E-state index in [2.05, 4.69) is 5.32 Å². The molecule has 1 aliphatic rings. The zero-order valence-electron chi connectivity index (χ0n) is 16.5. The maximum Gasteiger partial charge on any atom is 0.326 e. The van der Waals surface area contributed by atoms with Crippen molar-refractivity contribution in [2.75, 3.05) is 19.8 Å². The van der Waals surface area contributed by atoms with E-state index in [1.165, 1.54) is 0 Å². The van der Waals surface area contributed by atoms with Crippen molar-refractivity contribution in [3.05, 3.63) is 30.1 Å². The molecule has 3 rings (SSSR count). The Bertz CT molecular complexity index is 796. The Morgan fingerprint density at radius 2 is 2.14 bits per heavy atom. The second-order valence-electron chi connectivity index (χ2n) is 7.01. The molecular weight excluding hydrogens is 358 g/mol. The molecule has 1 fully saturated rings. The van der Waals surface area contributed by atoms with E-state index in [0.717, 1.165) is 55.4 Å². The van der Waals surface area contributed by atoms with Gasteiger partial charge in [0.25, 0.3) is 0 Å². The summed E-state index contributed by atoms with van der Waals surface area (Å²) in [4.78, 5) is 28.6. The standard InChI is InChI=1S/C21H29N3O4/c1-2-27-20(25)15-24-17-10-6-5-9-16(17)23-19(24)12-4-3-7-13-22-21(26)18-11-8-14-28-18/h5-6,9-10,18H,2-4,7-8,11-15H2,1H3,(H,22,26). The van der Waals surface area contributed by atoms with Crippen LogP contribution in [0.3, 0.4) is 0 Å². The number of nitrogens with one attached hydrogen (secondary N) is 1. The number of carbonyl (C=O) groups excluding carboxylic acids is 2. The fourth-order valence-electron chi connectivity index (χ4n) is 3.52. The van der Waals surface area contributed by atoms with Crippen molar-refractivity contribution in [3.8, 4) is 0 Å². The van der Waals surface area contributed by atoms with Gasteiger partial charge in [-0.3, -0.25) is 9.59 Å². The molecule has 1 aliphatic heterocycles. The summed E-state index contributed by atoms with van der Waals surface area (Å²) in [5.41, 5.74) is 1.85. The highest BCUT2D eigenvalue weighted by molar-refractivity contribution is 5.81. The largest absolute Gasteiger partial charge is 0.465 e. The van der Waals surface area contributed by atoms with Crippen molar-refractivity contribution in [2.45, 2.75) is 58.1 Å². The van der Waals surface area contributed by atoms with Crippen LogP contribution in [-0.4, -0.2) is 47.3 Å². The maximum absolute atomic E-state index is 12.0. The van der Waals surface area contributed by atoms with Crippen LogP contribution in [0.4, 0.5) is 0 Å². The van der Waals surface area contributed by atoms with E-state index in [9.17, 15) is 9.59 Å². The summed E-state index contributed by atoms with van der Waals surface area (Å²) < 4.78 is 12.4. The quantitative estimate of drug-likeness (QED) is 0.501. The maximum atomic E-state index is 12.0. The van der Waals surface area contributed by atoms with Gasteiger partial charge in [-0.15, -0.1) is 0 Å². The number of hydrogen-bond donors (Lipinski definition) is 1. The molecule has 0 saturated carbocycles. The van der Waals surface area contributed by atoms with Crippen LogP contribution in [0.25, 0.3) is 11.0 Å². The first kappa shape index (κ1) is 20.3. The van der Waals surface area contributed by atoms with Crippen molar-refractivity contribution >= 4 is 22.9 Å². The summed E-state index contributed by atoms with van der Waals surface area (Å²) >= 11 is 0. The van der Waals surface area contributed by atoms with E-state index in [0.29, 0.717) is 19.8 Å². The minimum atomic E-state index is -0.261. The smallest absolute Gasteiger partial charge is 0.326 e. The molecule has 152 valence electrons. The summed E-state index contributed by atoms with van der Waals surface area (Å²) in [5, 5.41) is 2.95. The number of ether oxygens (including phenoxy) is 2. The van der Waals surface area contributed by atoms with E-state index in [1.54, 1.807) is 0 Å². The van der Waals surface area contributed by atoms with Gasteiger partial charge in [0, 0.05) is 19.6 Å². The van der Waals surface area contributed by atoms with Crippen LogP contribution >= 0.6 is 0 Å². The number of benzene rings is 1. The summed E-state index contributed by atoms with van der Waals surface area (Å²) in [6.07, 6.45) is 5.15. The van der Waals surface area contributed by atoms with Gasteiger partial charge in [-0.2, -0.15) is 0 Å². The Morgan fingerprint density at radius 1 is 1.29 bits per heavy atom. The SMILES string of the molecule is CCOC(=O)Cn1c(CCCCCNC(=O)C2CCCO2)nc2ccccc21. The number of nitrogens with zero attached hydrogens (tertiary/aromatic N) is 2. The Hall–Kier alpha value is -2.41. The third kappa shape index (κ3) is 5.32. The number of hydrogen-bond acceptors (Lipinski definition) is 5. The van der Waals surface area contributed by atoms with Gasteiger partial charge in [-0.1, -0.05) is 18.6 Å². The summed E-state index contributed by atoms with van der Waals surface area (Å²) in [5.74, 6) is 0.662. The lowest BCUT2D eigenvalue weighted by atomic mass is 10.2. The monoisotopic (exact) mass is 387 g/mol. The zero-order chi connectivity index (χ0) is 19.8. The Labute approximate surface area is 165 Å². The predicted molar refractivity (Wildman–Crippen MR) is 106 cm³/mol. The third-order valence-corrected chi connectivity index (χ3v) is 4.92. The third-order valence-electron chi connectivity index (χ3n) is 4.92. The summed E-state index contributed by atoms with van der Waals surface area (Å²) in [6, 6.07) is 7.84. The lowest BCUT2D eigenvalue weighted by Gasteiger charge is -2.10. The van der Waals surface area contributed by atoms with E-state index >= 15 is 0 Å². The minimum absolute atomic E-state index is 0.00808. The Morgan fingerprint density at radius 3 is 2.93 bits per heavy atom. The van der Waals surface area contributed by atoms with E-state index in [1.807, 2.05) is 35.8 Å². The molecule has 0 spiro atoms. The summed E-state index contributed by atoms with van der Waals surface area (Å²) in [6.45, 7) is 3.71. The van der Waals surface area contributed by atoms with Gasteiger partial charge >= 0.3 is 5.97 Å². The number of aryl methyl sites for hydroxylation is 1. The number of aromatic nitrogens is 2. The molecule has 0 aliphatic carbocycles. The number of unbranched alkanes of at least 4 members (excludes halogenated alkanes) is 2. The molecule has 2 aromatic rings. The molecule has 1 N–H and O–H groups in total. The number of amides is 1. The molecule has 1 atom stereocenters. The minimum Gasteiger partial charge on any atom is -0.465 e. The van der Waals surface area contributed by atoms with Crippen LogP contribution in [0.5, 0.6) is 0 Å². The molecular formula is C21H29N3O4. The van der Waals surface area contributed by atoms with Crippen LogP contribution in [0.2, 0.25) is 0 Å². The van der Waals surface area contributed by atoms with Crippen molar-refractivity contribution in [1.29, 1.82) is 0 Å². The van der Waals surface area contributed by atoms with Crippen molar-refractivity contribution in [2.24, 2.45) is 0 Å². The Balaban J connectivity index is 1.48. The van der Waals surface area contributed by atoms with Crippen LogP contribution < -0.4 is 5.32 Å². The first-order valence-corrected chi connectivity index (χ1v) is 10.2. The van der Waals surface area contributed by atoms with Gasteiger partial charge in [0.1, 0.15) is 18.5 Å². The molecule has 7 heteroatoms. The van der Waals surface area contributed by atoms with E-state index in [4.69, 9.17) is 14.5 Å². The molecule has 0 radical (unpaired) electrons. The number of imidazole rings is 1. The number of para-hydroxylation sites is 2. The lowest BCUT2D eigenvalue weighted by molar-refractivity contribution is -0.143. The van der Waals surface area contributed by atoms with Crippen molar-refractivity contribution in [1.82, 2.24) is 14.9 Å². The van der Waals surface area contributed by atoms with Crippen LogP contribution in [0.1, 0.15) is 44.9 Å². The van der Waals surface area contributed by atoms with Gasteiger partial charge in [-0.25, -0.2) is 4.98 Å². The topological polar surface area (TPSA) is 82.5 Å². The number of esters is 1. The Kier molecular flexibility index (Phi) is 7.42. The van der Waals surface area contributed by atoms with Gasteiger partial charge in [0.15, 0.2) is 0 Å². The highest BCUT2D eigenvalue weighted by Crippen LogP contribution is 2.18. The molecule has 1 aromatic heterocycles. The highest BCUT2D eigenvalue weighted by Gasteiger charge is 2.22. The van der Waals surface area contributed by atoms with Gasteiger partial charge in [0.2, 0.25) is 5.91 Å². The van der Waals surface area contributed by atoms with Gasteiger partial charge < -0.3 is 19.4 Å². The average molecular weight is 387 g/mol. The van der Waals surface area contributed by atoms with Crippen LogP contribution in [-0.2, 0) is 32.0 Å². The fraction of sp³-hybridized carbons (Fsp3) is 0.571. The fourth-order valence-corrected chi connectivity index (χ4v) is 3.52. The molecule has 1 saturated heterocycles. The van der Waals surface area contributed by atoms with E-state index < -0.39 is 0 Å². The average Bonchev–Trinajstić information content (AvgIpc) is 3.34. The van der Waals surface area contributed by atoms with E-state index in [-0.39, 0.29) is 24.5 Å². The van der Waals surface area contributed by atoms with Crippen molar-refractivity contribution < 1.29 is 19.1 Å². The van der Waals surface area contributed by atoms with Crippen LogP contribution in [0, 0.1) is 0 Å². The molecule has 1 amide bonds. The number of rotatable bonds is 10. The second kappa shape index (κ2) is 10.2. The van der Waals surface area contributed by atoms with Crippen LogP contribution in [0.15, 0.2) is 24.3 Å². The first-order chi connectivity index (χ1) is 13.7. The van der Waals surface area contributed by atoms with Gasteiger partial charge in [0.05, 0.1) is 17.6 Å². The second-order valence-corrected chi connectivity index (χ2v) is 7.01. The molecule has 7 nitrogen and oxygen atoms in total. The number of fused-ring (bicyclic) bond motifs is 1. The number of carbonyl (C=O) groups is 2. The van der Waals surface area contributed by atoms with Gasteiger partial charge in [-0.05, 0) is 44.7 Å². The first-order valence-electron chi connectivity index (χ1n) is 10.2. The lowest BCUT2D eigenvalue weighted by Crippen LogP contribution is -2.34. The van der Waals surface area contributed by atoms with Crippen molar-refractivity contribution in [3.63, 3.8) is 0 Å². The molecule has 1 unspecified atom stereocenters. The molecule has 0 bridgehead atoms.